The molecule has 0 spiro atoms. The summed E-state index contributed by atoms with van der Waals surface area (Å²) in [6.45, 7) is 7.29. The number of carbonyl (C=O) groups excluding carboxylic acids is 1. The first-order chi connectivity index (χ1) is 13.1. The summed E-state index contributed by atoms with van der Waals surface area (Å²) in [5.41, 5.74) is 0.831. The van der Waals surface area contributed by atoms with E-state index in [0.717, 1.165) is 16.3 Å². The number of aryl methyl sites for hydroxylation is 1. The highest BCUT2D eigenvalue weighted by molar-refractivity contribution is 7.92. The standard InChI is InChI=1S/C21H28N2O4S/c1-6-21(3,4)22-20(24)15-23(18-9-7-8-10-19(18)27-5)28(25,26)17-13-11-16(2)12-14-17/h7-14H,6,15H2,1-5H3,(H,22,24). The number of benzene rings is 2. The molecule has 2 aromatic carbocycles. The van der Waals surface area contributed by atoms with Crippen LogP contribution in [0.5, 0.6) is 5.75 Å². The van der Waals surface area contributed by atoms with Crippen molar-refractivity contribution < 1.29 is 17.9 Å². The van der Waals surface area contributed by atoms with Crippen molar-refractivity contribution in [1.82, 2.24) is 5.32 Å². The zero-order valence-corrected chi connectivity index (χ0v) is 17.8. The van der Waals surface area contributed by atoms with Gasteiger partial charge in [0.25, 0.3) is 10.0 Å². The van der Waals surface area contributed by atoms with Crippen molar-refractivity contribution in [2.24, 2.45) is 0 Å². The smallest absolute Gasteiger partial charge is 0.264 e. The highest BCUT2D eigenvalue weighted by Gasteiger charge is 2.30. The summed E-state index contributed by atoms with van der Waals surface area (Å²) in [7, 11) is -2.50. The topological polar surface area (TPSA) is 75.7 Å². The van der Waals surface area contributed by atoms with Crippen LogP contribution in [0.15, 0.2) is 53.4 Å². The second-order valence-corrected chi connectivity index (χ2v) is 9.14. The van der Waals surface area contributed by atoms with Crippen molar-refractivity contribution in [3.05, 3.63) is 54.1 Å². The molecular formula is C21H28N2O4S. The molecule has 0 saturated carbocycles. The summed E-state index contributed by atoms with van der Waals surface area (Å²) in [4.78, 5) is 12.8. The lowest BCUT2D eigenvalue weighted by molar-refractivity contribution is -0.121. The Morgan fingerprint density at radius 1 is 1.11 bits per heavy atom. The molecule has 28 heavy (non-hydrogen) atoms. The lowest BCUT2D eigenvalue weighted by Gasteiger charge is -2.29. The van der Waals surface area contributed by atoms with E-state index in [1.54, 1.807) is 48.5 Å². The third kappa shape index (κ3) is 5.04. The Labute approximate surface area is 167 Å². The van der Waals surface area contributed by atoms with E-state index >= 15 is 0 Å². The van der Waals surface area contributed by atoms with Gasteiger partial charge in [-0.3, -0.25) is 9.10 Å². The van der Waals surface area contributed by atoms with E-state index in [1.807, 2.05) is 27.7 Å². The van der Waals surface area contributed by atoms with E-state index in [-0.39, 0.29) is 17.3 Å². The molecule has 1 amide bonds. The third-order valence-corrected chi connectivity index (χ3v) is 6.39. The molecule has 0 aliphatic carbocycles. The van der Waals surface area contributed by atoms with Crippen LogP contribution in [0.2, 0.25) is 0 Å². The van der Waals surface area contributed by atoms with Crippen LogP contribution in [0, 0.1) is 6.92 Å². The number of anilines is 1. The molecule has 6 nitrogen and oxygen atoms in total. The predicted octanol–water partition coefficient (Wildman–Crippen LogP) is 3.50. The van der Waals surface area contributed by atoms with Crippen LogP contribution >= 0.6 is 0 Å². The van der Waals surface area contributed by atoms with Crippen molar-refractivity contribution in [2.75, 3.05) is 18.0 Å². The number of amides is 1. The molecule has 0 unspecified atom stereocenters. The quantitative estimate of drug-likeness (QED) is 0.731. The summed E-state index contributed by atoms with van der Waals surface area (Å²) in [5.74, 6) is -0.00539. The van der Waals surface area contributed by atoms with Gasteiger partial charge in [-0.15, -0.1) is 0 Å². The van der Waals surface area contributed by atoms with Crippen molar-refractivity contribution in [3.63, 3.8) is 0 Å². The molecule has 2 aromatic rings. The Balaban J connectivity index is 2.50. The molecule has 1 N–H and O–H groups in total. The number of sulfonamides is 1. The van der Waals surface area contributed by atoms with Gasteiger partial charge in [0.05, 0.1) is 17.7 Å². The maximum absolute atomic E-state index is 13.4. The van der Waals surface area contributed by atoms with Gasteiger partial charge in [0, 0.05) is 5.54 Å². The molecule has 0 bridgehead atoms. The summed E-state index contributed by atoms with van der Waals surface area (Å²) in [6.07, 6.45) is 0.720. The van der Waals surface area contributed by atoms with Crippen LogP contribution in [0.25, 0.3) is 0 Å². The predicted molar refractivity (Wildman–Crippen MR) is 111 cm³/mol. The first-order valence-corrected chi connectivity index (χ1v) is 10.6. The van der Waals surface area contributed by atoms with Gasteiger partial charge in [-0.05, 0) is 51.5 Å². The largest absolute Gasteiger partial charge is 0.495 e. The number of nitrogens with zero attached hydrogens (tertiary/aromatic N) is 1. The number of para-hydroxylation sites is 2. The van der Waals surface area contributed by atoms with Crippen molar-refractivity contribution in [1.29, 1.82) is 0 Å². The minimum Gasteiger partial charge on any atom is -0.495 e. The summed E-state index contributed by atoms with van der Waals surface area (Å²) >= 11 is 0. The van der Waals surface area contributed by atoms with Gasteiger partial charge < -0.3 is 10.1 Å². The fraction of sp³-hybridized carbons (Fsp3) is 0.381. The number of carbonyl (C=O) groups is 1. The van der Waals surface area contributed by atoms with Crippen molar-refractivity contribution >= 4 is 21.6 Å². The molecule has 0 heterocycles. The fourth-order valence-corrected chi connectivity index (χ4v) is 4.04. The lowest BCUT2D eigenvalue weighted by atomic mass is 10.0. The summed E-state index contributed by atoms with van der Waals surface area (Å²) in [5, 5.41) is 2.89. The zero-order valence-electron chi connectivity index (χ0n) is 17.0. The molecule has 0 aliphatic rings. The number of nitrogens with one attached hydrogen (secondary N) is 1. The molecule has 0 aromatic heterocycles. The number of methoxy groups -OCH3 is 1. The van der Waals surface area contributed by atoms with E-state index in [9.17, 15) is 13.2 Å². The monoisotopic (exact) mass is 404 g/mol. The minimum absolute atomic E-state index is 0.117. The Bertz CT molecular complexity index is 922. The Morgan fingerprint density at radius 2 is 1.71 bits per heavy atom. The van der Waals surface area contributed by atoms with Crippen LogP contribution in [-0.4, -0.2) is 33.5 Å². The molecule has 7 heteroatoms. The van der Waals surface area contributed by atoms with E-state index in [2.05, 4.69) is 5.32 Å². The van der Waals surface area contributed by atoms with E-state index < -0.39 is 15.6 Å². The van der Waals surface area contributed by atoms with Crippen LogP contribution in [-0.2, 0) is 14.8 Å². The third-order valence-electron chi connectivity index (χ3n) is 4.61. The Kier molecular flexibility index (Phi) is 6.72. The molecule has 0 radical (unpaired) electrons. The van der Waals surface area contributed by atoms with Crippen LogP contribution in [0.3, 0.4) is 0 Å². The second-order valence-electron chi connectivity index (χ2n) is 7.28. The summed E-state index contributed by atoms with van der Waals surface area (Å²) < 4.78 is 33.2. The van der Waals surface area contributed by atoms with Crippen LogP contribution < -0.4 is 14.4 Å². The van der Waals surface area contributed by atoms with Gasteiger partial charge in [0.2, 0.25) is 5.91 Å². The number of rotatable bonds is 8. The summed E-state index contributed by atoms with van der Waals surface area (Å²) in [6, 6.07) is 13.3. The SMILES string of the molecule is CCC(C)(C)NC(=O)CN(c1ccccc1OC)S(=O)(=O)c1ccc(C)cc1. The number of hydrogen-bond donors (Lipinski definition) is 1. The normalized spacial score (nSPS) is 11.8. The average molecular weight is 405 g/mol. The molecule has 0 atom stereocenters. The fourth-order valence-electron chi connectivity index (χ4n) is 2.61. The van der Waals surface area contributed by atoms with Gasteiger partial charge in [-0.1, -0.05) is 36.8 Å². The van der Waals surface area contributed by atoms with Crippen LogP contribution in [0.4, 0.5) is 5.69 Å². The zero-order chi connectivity index (χ0) is 20.9. The highest BCUT2D eigenvalue weighted by atomic mass is 32.2. The van der Waals surface area contributed by atoms with Gasteiger partial charge in [-0.2, -0.15) is 0 Å². The van der Waals surface area contributed by atoms with Crippen molar-refractivity contribution in [2.45, 2.75) is 44.6 Å². The maximum Gasteiger partial charge on any atom is 0.264 e. The molecule has 152 valence electrons. The van der Waals surface area contributed by atoms with E-state index in [1.165, 1.54) is 7.11 Å². The van der Waals surface area contributed by atoms with Crippen molar-refractivity contribution in [3.8, 4) is 5.75 Å². The first-order valence-electron chi connectivity index (χ1n) is 9.14. The maximum atomic E-state index is 13.4. The van der Waals surface area contributed by atoms with Gasteiger partial charge in [0.15, 0.2) is 0 Å². The van der Waals surface area contributed by atoms with Crippen LogP contribution in [0.1, 0.15) is 32.8 Å². The molecule has 0 fully saturated rings. The van der Waals surface area contributed by atoms with Gasteiger partial charge in [0.1, 0.15) is 12.3 Å². The number of ether oxygens (including phenoxy) is 1. The van der Waals surface area contributed by atoms with Gasteiger partial charge >= 0.3 is 0 Å². The lowest BCUT2D eigenvalue weighted by Crippen LogP contribution is -2.48. The highest BCUT2D eigenvalue weighted by Crippen LogP contribution is 2.32. The first kappa shape index (κ1) is 21.8. The molecule has 2 rings (SSSR count). The molecular weight excluding hydrogens is 376 g/mol. The van der Waals surface area contributed by atoms with Gasteiger partial charge in [-0.25, -0.2) is 8.42 Å². The van der Waals surface area contributed by atoms with E-state index in [0.29, 0.717) is 11.4 Å². The average Bonchev–Trinajstić information content (AvgIpc) is 2.66. The molecule has 0 saturated heterocycles. The number of hydrogen-bond acceptors (Lipinski definition) is 4. The molecule has 0 aliphatic heterocycles. The Hall–Kier alpha value is -2.54. The van der Waals surface area contributed by atoms with E-state index in [4.69, 9.17) is 4.74 Å². The minimum atomic E-state index is -3.97. The second kappa shape index (κ2) is 8.65. The Morgan fingerprint density at radius 3 is 2.29 bits per heavy atom.